The quantitative estimate of drug-likeness (QED) is 0.712. The average Bonchev–Trinajstić information content (AvgIpc) is 2.90. The molecule has 3 saturated heterocycles. The molecule has 0 aromatic rings. The Hall–Kier alpha value is -0.910. The van der Waals surface area contributed by atoms with Crippen LogP contribution in [-0.2, 0) is 14.3 Å². The van der Waals surface area contributed by atoms with Gasteiger partial charge in [-0.15, -0.1) is 6.58 Å². The second-order valence-corrected chi connectivity index (χ2v) is 5.82. The summed E-state index contributed by atoms with van der Waals surface area (Å²) < 4.78 is 11.4. The summed E-state index contributed by atoms with van der Waals surface area (Å²) in [7, 11) is 0. The van der Waals surface area contributed by atoms with Gasteiger partial charge < -0.3 is 14.4 Å². The third-order valence-electron chi connectivity index (χ3n) is 4.62. The summed E-state index contributed by atoms with van der Waals surface area (Å²) in [4.78, 5) is 16.8. The molecule has 0 N–H and O–H groups in total. The smallest absolute Gasteiger partial charge is 0.251 e. The summed E-state index contributed by atoms with van der Waals surface area (Å²) in [6, 6.07) is 0.474. The molecule has 5 nitrogen and oxygen atoms in total. The summed E-state index contributed by atoms with van der Waals surface area (Å²) >= 11 is 0. The Bertz CT molecular complexity index is 368. The first-order valence-corrected chi connectivity index (χ1v) is 7.66. The predicted molar refractivity (Wildman–Crippen MR) is 75.5 cm³/mol. The Morgan fingerprint density at radius 2 is 2.00 bits per heavy atom. The van der Waals surface area contributed by atoms with Crippen LogP contribution in [0.2, 0.25) is 0 Å². The summed E-state index contributed by atoms with van der Waals surface area (Å²) in [6.07, 6.45) is 4.86. The van der Waals surface area contributed by atoms with Crippen LogP contribution in [0.4, 0.5) is 0 Å². The molecular weight excluding hydrogens is 256 g/mol. The molecule has 0 radical (unpaired) electrons. The van der Waals surface area contributed by atoms with Crippen molar-refractivity contribution in [2.45, 2.75) is 37.5 Å². The van der Waals surface area contributed by atoms with E-state index in [2.05, 4.69) is 11.5 Å². The van der Waals surface area contributed by atoms with E-state index in [1.807, 2.05) is 11.0 Å². The third-order valence-corrected chi connectivity index (χ3v) is 4.62. The molecule has 0 aromatic carbocycles. The minimum absolute atomic E-state index is 0.161. The van der Waals surface area contributed by atoms with Crippen LogP contribution in [0, 0.1) is 0 Å². The molecule has 0 aromatic heterocycles. The number of morpholine rings is 1. The lowest BCUT2D eigenvalue weighted by atomic mass is 9.98. The van der Waals surface area contributed by atoms with Gasteiger partial charge in [0, 0.05) is 32.2 Å². The van der Waals surface area contributed by atoms with E-state index >= 15 is 0 Å². The van der Waals surface area contributed by atoms with Crippen LogP contribution in [-0.4, -0.2) is 73.3 Å². The fourth-order valence-electron chi connectivity index (χ4n) is 3.58. The molecule has 1 amide bonds. The number of carbonyl (C=O) groups is 1. The zero-order valence-corrected chi connectivity index (χ0v) is 12.0. The molecule has 0 unspecified atom stereocenters. The molecule has 3 rings (SSSR count). The Labute approximate surface area is 120 Å². The van der Waals surface area contributed by atoms with Gasteiger partial charge >= 0.3 is 0 Å². The van der Waals surface area contributed by atoms with E-state index in [4.69, 9.17) is 9.47 Å². The van der Waals surface area contributed by atoms with Crippen molar-refractivity contribution < 1.29 is 14.3 Å². The fourth-order valence-corrected chi connectivity index (χ4v) is 3.58. The second kappa shape index (κ2) is 6.24. The summed E-state index contributed by atoms with van der Waals surface area (Å²) in [5.41, 5.74) is 0. The number of nitrogens with zero attached hydrogens (tertiary/aromatic N) is 2. The molecule has 3 aliphatic rings. The lowest BCUT2D eigenvalue weighted by Crippen LogP contribution is -2.51. The van der Waals surface area contributed by atoms with Crippen LogP contribution < -0.4 is 0 Å². The van der Waals surface area contributed by atoms with E-state index in [1.165, 1.54) is 0 Å². The van der Waals surface area contributed by atoms with Crippen LogP contribution in [0.1, 0.15) is 19.3 Å². The van der Waals surface area contributed by atoms with Gasteiger partial charge in [0.1, 0.15) is 6.10 Å². The molecule has 0 bridgehead atoms. The van der Waals surface area contributed by atoms with E-state index < -0.39 is 0 Å². The topological polar surface area (TPSA) is 42.0 Å². The van der Waals surface area contributed by atoms with Crippen molar-refractivity contribution in [3.8, 4) is 0 Å². The highest BCUT2D eigenvalue weighted by Gasteiger charge is 2.42. The summed E-state index contributed by atoms with van der Waals surface area (Å²) in [6.45, 7) is 8.50. The molecule has 0 aliphatic carbocycles. The Balaban J connectivity index is 1.56. The maximum atomic E-state index is 12.5. The minimum atomic E-state index is -0.238. The van der Waals surface area contributed by atoms with Gasteiger partial charge in [0.25, 0.3) is 5.91 Å². The first-order valence-electron chi connectivity index (χ1n) is 7.66. The van der Waals surface area contributed by atoms with E-state index in [0.717, 1.165) is 32.4 Å². The molecule has 3 fully saturated rings. The van der Waals surface area contributed by atoms with Gasteiger partial charge in [-0.1, -0.05) is 6.08 Å². The number of carbonyl (C=O) groups excluding carboxylic acids is 1. The van der Waals surface area contributed by atoms with Gasteiger partial charge in [-0.2, -0.15) is 0 Å². The fraction of sp³-hybridized carbons (Fsp3) is 0.800. The first kappa shape index (κ1) is 14.0. The molecule has 112 valence electrons. The van der Waals surface area contributed by atoms with Crippen molar-refractivity contribution in [1.29, 1.82) is 0 Å². The Morgan fingerprint density at radius 1 is 1.20 bits per heavy atom. The summed E-state index contributed by atoms with van der Waals surface area (Å²) in [5.74, 6) is 0.161. The highest BCUT2D eigenvalue weighted by molar-refractivity contribution is 5.81. The third kappa shape index (κ3) is 2.75. The number of likely N-dealkylation sites (tertiary alicyclic amines) is 1. The van der Waals surface area contributed by atoms with Crippen molar-refractivity contribution in [3.05, 3.63) is 12.7 Å². The van der Waals surface area contributed by atoms with E-state index in [9.17, 15) is 4.79 Å². The Kier molecular flexibility index (Phi) is 4.38. The van der Waals surface area contributed by atoms with Gasteiger partial charge in [-0.3, -0.25) is 9.69 Å². The van der Waals surface area contributed by atoms with Gasteiger partial charge in [0.05, 0.1) is 19.3 Å². The molecule has 0 saturated carbocycles. The normalized spacial score (nSPS) is 34.8. The van der Waals surface area contributed by atoms with Gasteiger partial charge in [-0.05, 0) is 19.3 Å². The van der Waals surface area contributed by atoms with E-state index in [1.54, 1.807) is 0 Å². The number of rotatable bonds is 3. The van der Waals surface area contributed by atoms with Gasteiger partial charge in [0.2, 0.25) is 0 Å². The van der Waals surface area contributed by atoms with Crippen molar-refractivity contribution in [2.24, 2.45) is 0 Å². The van der Waals surface area contributed by atoms with E-state index in [-0.39, 0.29) is 18.1 Å². The summed E-state index contributed by atoms with van der Waals surface area (Å²) in [5, 5.41) is 0. The zero-order chi connectivity index (χ0) is 13.9. The number of fused-ring (bicyclic) bond motifs is 1. The van der Waals surface area contributed by atoms with Crippen LogP contribution in [0.5, 0.6) is 0 Å². The minimum Gasteiger partial charge on any atom is -0.378 e. The molecule has 20 heavy (non-hydrogen) atoms. The number of amides is 1. The van der Waals surface area contributed by atoms with E-state index in [0.29, 0.717) is 32.3 Å². The highest BCUT2D eigenvalue weighted by atomic mass is 16.5. The van der Waals surface area contributed by atoms with Crippen molar-refractivity contribution in [3.63, 3.8) is 0 Å². The molecule has 3 aliphatic heterocycles. The molecule has 3 heterocycles. The molecular formula is C15H24N2O3. The second-order valence-electron chi connectivity index (χ2n) is 5.82. The van der Waals surface area contributed by atoms with Crippen LogP contribution in [0.15, 0.2) is 12.7 Å². The largest absolute Gasteiger partial charge is 0.378 e. The Morgan fingerprint density at radius 3 is 2.75 bits per heavy atom. The lowest BCUT2D eigenvalue weighted by molar-refractivity contribution is -0.158. The van der Waals surface area contributed by atoms with Crippen molar-refractivity contribution in [2.75, 3.05) is 39.4 Å². The number of hydrogen-bond donors (Lipinski definition) is 0. The average molecular weight is 280 g/mol. The lowest BCUT2D eigenvalue weighted by Gasteiger charge is -2.37. The maximum absolute atomic E-state index is 12.5. The number of ether oxygens (including phenoxy) is 2. The predicted octanol–water partition coefficient (Wildman–Crippen LogP) is 0.653. The van der Waals surface area contributed by atoms with Crippen molar-refractivity contribution >= 4 is 5.91 Å². The molecule has 0 spiro atoms. The molecule has 5 heteroatoms. The monoisotopic (exact) mass is 280 g/mol. The van der Waals surface area contributed by atoms with Gasteiger partial charge in [-0.25, -0.2) is 0 Å². The van der Waals surface area contributed by atoms with Gasteiger partial charge in [0.15, 0.2) is 0 Å². The first-order chi connectivity index (χ1) is 9.79. The van der Waals surface area contributed by atoms with Crippen LogP contribution in [0.3, 0.4) is 0 Å². The van der Waals surface area contributed by atoms with Crippen LogP contribution in [0.25, 0.3) is 0 Å². The highest BCUT2D eigenvalue weighted by Crippen LogP contribution is 2.31. The number of hydrogen-bond acceptors (Lipinski definition) is 4. The standard InChI is InChI=1S/C15H24N2O3/c1-2-6-16-7-5-13-12(16)3-4-14(20-13)15(18)17-8-10-19-11-9-17/h2,12-14H,1,3-11H2/t12-,13-,14-/m1/s1. The molecule has 3 atom stereocenters. The van der Waals surface area contributed by atoms with Crippen molar-refractivity contribution in [1.82, 2.24) is 9.80 Å². The maximum Gasteiger partial charge on any atom is 0.251 e. The van der Waals surface area contributed by atoms with Crippen LogP contribution >= 0.6 is 0 Å². The SMILES string of the molecule is C=CCN1CC[C@H]2O[C@@H](C(=O)N3CCOCC3)CC[C@H]21. The zero-order valence-electron chi connectivity index (χ0n) is 12.0.